The Balaban J connectivity index is 0.000000128. The minimum atomic E-state index is 0.970. The van der Waals surface area contributed by atoms with E-state index in [9.17, 15) is 0 Å². The van der Waals surface area contributed by atoms with Crippen molar-refractivity contribution in [2.24, 2.45) is 5.10 Å². The average molecular weight is 185 g/mol. The van der Waals surface area contributed by atoms with E-state index in [1.54, 1.807) is 24.9 Å². The Bertz CT molecular complexity index is 389. The van der Waals surface area contributed by atoms with Crippen LogP contribution in [0.15, 0.2) is 48.1 Å². The topological polar surface area (TPSA) is 55.1 Å². The summed E-state index contributed by atoms with van der Waals surface area (Å²) in [7, 11) is 0. The lowest BCUT2D eigenvalue weighted by molar-refractivity contribution is 0.991. The Morgan fingerprint density at radius 1 is 1.14 bits per heavy atom. The van der Waals surface area contributed by atoms with Gasteiger partial charge in [-0.1, -0.05) is 18.2 Å². The van der Waals surface area contributed by atoms with Crippen LogP contribution in [0.25, 0.3) is 0 Å². The van der Waals surface area contributed by atoms with Gasteiger partial charge >= 0.3 is 0 Å². The molecule has 1 aromatic heterocycles. The number of benzene rings is 1. The highest BCUT2D eigenvalue weighted by molar-refractivity contribution is 5.88. The first-order valence-electron chi connectivity index (χ1n) is 4.22. The zero-order valence-corrected chi connectivity index (χ0v) is 7.46. The fourth-order valence-corrected chi connectivity index (χ4v) is 1.06. The van der Waals surface area contributed by atoms with Crippen molar-refractivity contribution in [3.05, 3.63) is 48.5 Å². The van der Waals surface area contributed by atoms with E-state index in [-0.39, 0.29) is 0 Å². The average Bonchev–Trinajstić information content (AvgIpc) is 2.92. The monoisotopic (exact) mass is 185 g/mol. The molecular weight excluding hydrogens is 176 g/mol. The van der Waals surface area contributed by atoms with Crippen LogP contribution < -0.4 is 5.43 Å². The molecular formula is C10H9N4. The number of imidazole rings is 1. The Labute approximate surface area is 81.7 Å². The van der Waals surface area contributed by atoms with Gasteiger partial charge in [-0.05, 0) is 6.07 Å². The highest BCUT2D eigenvalue weighted by atomic mass is 15.3. The summed E-state index contributed by atoms with van der Waals surface area (Å²) in [5.41, 5.74) is 5.95. The molecule has 1 aliphatic rings. The van der Waals surface area contributed by atoms with E-state index in [1.807, 2.05) is 24.3 Å². The first-order valence-corrected chi connectivity index (χ1v) is 4.22. The number of hydrogen-bond donors (Lipinski definition) is 1. The largest absolute Gasteiger partial charge is 0.351 e. The van der Waals surface area contributed by atoms with E-state index in [0.717, 1.165) is 11.3 Å². The Hall–Kier alpha value is -2.10. The molecule has 0 fully saturated rings. The standard InChI is InChI=1S/C7H5N2.C3H4N2/c1-2-4-7-6(3-1)5-8-9-7;1-2-5-3-4-1/h1-5H;1-3H,(H,4,5). The lowest BCUT2D eigenvalue weighted by Gasteiger charge is -1.89. The van der Waals surface area contributed by atoms with Crippen molar-refractivity contribution < 1.29 is 0 Å². The predicted octanol–water partition coefficient (Wildman–Crippen LogP) is 1.68. The van der Waals surface area contributed by atoms with E-state index in [0.29, 0.717) is 0 Å². The zero-order chi connectivity index (χ0) is 9.64. The summed E-state index contributed by atoms with van der Waals surface area (Å²) in [6.45, 7) is 0. The van der Waals surface area contributed by atoms with Crippen molar-refractivity contribution in [2.45, 2.75) is 0 Å². The molecule has 0 saturated carbocycles. The molecule has 1 aromatic carbocycles. The fraction of sp³-hybridized carbons (Fsp3) is 0. The smallest absolute Gasteiger partial charge is 0.0945 e. The van der Waals surface area contributed by atoms with Gasteiger partial charge in [-0.25, -0.2) is 4.98 Å². The molecule has 3 rings (SSSR count). The second-order valence-electron chi connectivity index (χ2n) is 2.66. The molecule has 0 atom stereocenters. The Morgan fingerprint density at radius 2 is 2.07 bits per heavy atom. The number of fused-ring (bicyclic) bond motifs is 1. The number of hydrogen-bond acceptors (Lipinski definition) is 2. The van der Waals surface area contributed by atoms with Gasteiger partial charge in [0.15, 0.2) is 0 Å². The maximum absolute atomic E-state index is 3.87. The molecule has 4 heteroatoms. The number of rotatable bonds is 0. The summed E-state index contributed by atoms with van der Waals surface area (Å²) in [6, 6.07) is 7.88. The fourth-order valence-electron chi connectivity index (χ4n) is 1.06. The highest BCUT2D eigenvalue weighted by Gasteiger charge is 2.03. The van der Waals surface area contributed by atoms with Crippen LogP contribution in [0.5, 0.6) is 0 Å². The first-order chi connectivity index (χ1) is 6.97. The molecule has 14 heavy (non-hydrogen) atoms. The van der Waals surface area contributed by atoms with Crippen LogP contribution in [0.1, 0.15) is 5.56 Å². The van der Waals surface area contributed by atoms with Gasteiger partial charge in [-0.15, -0.1) is 0 Å². The summed E-state index contributed by atoms with van der Waals surface area (Å²) in [6.07, 6.45) is 6.84. The third-order valence-corrected chi connectivity index (χ3v) is 1.70. The van der Waals surface area contributed by atoms with Gasteiger partial charge in [-0.3, -0.25) is 0 Å². The molecule has 2 heterocycles. The number of aromatic amines is 1. The molecule has 0 aliphatic carbocycles. The van der Waals surface area contributed by atoms with Crippen LogP contribution in [-0.4, -0.2) is 16.2 Å². The summed E-state index contributed by atoms with van der Waals surface area (Å²) < 4.78 is 0. The SMILES string of the molecule is C1=N[N]c2ccccc21.c1c[nH]cn1. The van der Waals surface area contributed by atoms with Crippen LogP contribution in [0.2, 0.25) is 0 Å². The van der Waals surface area contributed by atoms with E-state index in [1.165, 1.54) is 0 Å². The quantitative estimate of drug-likeness (QED) is 0.667. The first kappa shape index (κ1) is 8.50. The summed E-state index contributed by atoms with van der Waals surface area (Å²) in [5, 5.41) is 3.75. The molecule has 0 bridgehead atoms. The molecule has 1 aliphatic heterocycles. The van der Waals surface area contributed by atoms with Crippen molar-refractivity contribution >= 4 is 11.9 Å². The van der Waals surface area contributed by atoms with Crippen molar-refractivity contribution in [3.8, 4) is 0 Å². The van der Waals surface area contributed by atoms with E-state index < -0.39 is 0 Å². The van der Waals surface area contributed by atoms with E-state index in [4.69, 9.17) is 0 Å². The van der Waals surface area contributed by atoms with Crippen molar-refractivity contribution in [1.29, 1.82) is 0 Å². The molecule has 69 valence electrons. The van der Waals surface area contributed by atoms with Gasteiger partial charge in [0.2, 0.25) is 0 Å². The molecule has 2 aromatic rings. The van der Waals surface area contributed by atoms with Crippen molar-refractivity contribution in [3.63, 3.8) is 0 Å². The van der Waals surface area contributed by atoms with Crippen LogP contribution in [0.4, 0.5) is 5.69 Å². The van der Waals surface area contributed by atoms with Gasteiger partial charge in [0.1, 0.15) is 0 Å². The normalized spacial score (nSPS) is 11.1. The highest BCUT2D eigenvalue weighted by Crippen LogP contribution is 2.16. The summed E-state index contributed by atoms with van der Waals surface area (Å²) >= 11 is 0. The maximum atomic E-state index is 3.87. The minimum absolute atomic E-state index is 0.970. The molecule has 0 saturated heterocycles. The maximum Gasteiger partial charge on any atom is 0.0945 e. The van der Waals surface area contributed by atoms with Crippen LogP contribution in [0.3, 0.4) is 0 Å². The van der Waals surface area contributed by atoms with E-state index >= 15 is 0 Å². The third kappa shape index (κ3) is 1.98. The van der Waals surface area contributed by atoms with Crippen molar-refractivity contribution in [1.82, 2.24) is 15.4 Å². The minimum Gasteiger partial charge on any atom is -0.351 e. The number of aromatic nitrogens is 2. The molecule has 4 nitrogen and oxygen atoms in total. The van der Waals surface area contributed by atoms with Gasteiger partial charge in [-0.2, -0.15) is 10.5 Å². The zero-order valence-electron chi connectivity index (χ0n) is 7.46. The number of H-pyrrole nitrogens is 1. The van der Waals surface area contributed by atoms with E-state index in [2.05, 4.69) is 20.5 Å². The van der Waals surface area contributed by atoms with Crippen LogP contribution in [-0.2, 0) is 0 Å². The Morgan fingerprint density at radius 3 is 2.71 bits per heavy atom. The summed E-state index contributed by atoms with van der Waals surface area (Å²) in [5.74, 6) is 0. The van der Waals surface area contributed by atoms with Gasteiger partial charge < -0.3 is 4.98 Å². The lowest BCUT2D eigenvalue weighted by atomic mass is 10.2. The lowest BCUT2D eigenvalue weighted by Crippen LogP contribution is -1.79. The molecule has 1 radical (unpaired) electrons. The van der Waals surface area contributed by atoms with Crippen LogP contribution in [0, 0.1) is 0 Å². The second kappa shape index (κ2) is 4.23. The third-order valence-electron chi connectivity index (χ3n) is 1.70. The van der Waals surface area contributed by atoms with Crippen molar-refractivity contribution in [2.75, 3.05) is 0 Å². The number of nitrogens with one attached hydrogen (secondary N) is 1. The van der Waals surface area contributed by atoms with Gasteiger partial charge in [0.05, 0.1) is 18.2 Å². The van der Waals surface area contributed by atoms with Gasteiger partial charge in [0.25, 0.3) is 0 Å². The number of nitrogens with zero attached hydrogens (tertiary/aromatic N) is 3. The molecule has 0 spiro atoms. The molecule has 0 amide bonds. The summed E-state index contributed by atoms with van der Waals surface area (Å²) in [4.78, 5) is 6.42. The predicted molar refractivity (Wildman–Crippen MR) is 54.4 cm³/mol. The Kier molecular flexibility index (Phi) is 2.56. The molecule has 1 N–H and O–H groups in total. The second-order valence-corrected chi connectivity index (χ2v) is 2.66. The molecule has 0 unspecified atom stereocenters. The van der Waals surface area contributed by atoms with Crippen LogP contribution >= 0.6 is 0 Å². The van der Waals surface area contributed by atoms with Gasteiger partial charge in [0, 0.05) is 18.0 Å².